The van der Waals surface area contributed by atoms with Gasteiger partial charge >= 0.3 is 11.9 Å². The minimum atomic E-state index is -0.693. The molecule has 1 aliphatic heterocycles. The zero-order valence-electron chi connectivity index (χ0n) is 13.9. The summed E-state index contributed by atoms with van der Waals surface area (Å²) in [6.07, 6.45) is 2.82. The Morgan fingerprint density at radius 3 is 2.58 bits per heavy atom. The molecule has 0 unspecified atom stereocenters. The van der Waals surface area contributed by atoms with Gasteiger partial charge in [-0.05, 0) is 30.5 Å². The molecule has 2 rings (SSSR count). The van der Waals surface area contributed by atoms with Crippen LogP contribution in [-0.2, 0) is 30.3 Å². The molecule has 1 aromatic rings. The smallest absolute Gasteiger partial charge is 0.354 e. The molecule has 0 aromatic heterocycles. The van der Waals surface area contributed by atoms with E-state index in [1.807, 2.05) is 6.07 Å². The Morgan fingerprint density at radius 2 is 1.96 bits per heavy atom. The van der Waals surface area contributed by atoms with Crippen LogP contribution < -0.4 is 10.2 Å². The van der Waals surface area contributed by atoms with Crippen molar-refractivity contribution in [3.05, 3.63) is 35.5 Å². The number of carbonyl (C=O) groups excluding carboxylic acids is 3. The maximum absolute atomic E-state index is 11.8. The molecular formula is C17H20N2O5. The fourth-order valence-electron chi connectivity index (χ4n) is 2.57. The highest BCUT2D eigenvalue weighted by molar-refractivity contribution is 5.99. The van der Waals surface area contributed by atoms with Crippen molar-refractivity contribution in [2.45, 2.75) is 19.8 Å². The van der Waals surface area contributed by atoms with E-state index in [0.717, 1.165) is 30.2 Å². The number of hydrogen-bond donors (Lipinski definition) is 1. The molecule has 7 heteroatoms. The number of nitrogens with one attached hydrogen (secondary N) is 1. The van der Waals surface area contributed by atoms with Crippen LogP contribution in [0.15, 0.2) is 30.0 Å². The zero-order valence-corrected chi connectivity index (χ0v) is 13.9. The van der Waals surface area contributed by atoms with Gasteiger partial charge in [-0.1, -0.05) is 6.07 Å². The van der Waals surface area contributed by atoms with E-state index in [2.05, 4.69) is 14.8 Å². The van der Waals surface area contributed by atoms with E-state index in [-0.39, 0.29) is 11.6 Å². The van der Waals surface area contributed by atoms with Crippen LogP contribution in [0.4, 0.5) is 11.4 Å². The third kappa shape index (κ3) is 3.92. The first-order valence-electron chi connectivity index (χ1n) is 7.52. The largest absolute Gasteiger partial charge is 0.466 e. The van der Waals surface area contributed by atoms with Gasteiger partial charge in [-0.15, -0.1) is 0 Å². The molecular weight excluding hydrogens is 312 g/mol. The van der Waals surface area contributed by atoms with Crippen molar-refractivity contribution in [2.24, 2.45) is 0 Å². The molecule has 7 nitrogen and oxygen atoms in total. The number of hydrogen-bond acceptors (Lipinski definition) is 6. The van der Waals surface area contributed by atoms with E-state index in [4.69, 9.17) is 0 Å². The molecule has 0 radical (unpaired) electrons. The molecule has 1 aromatic carbocycles. The van der Waals surface area contributed by atoms with E-state index in [9.17, 15) is 14.4 Å². The number of carbonyl (C=O) groups is 3. The van der Waals surface area contributed by atoms with Crippen LogP contribution in [0.2, 0.25) is 0 Å². The summed E-state index contributed by atoms with van der Waals surface area (Å²) in [4.78, 5) is 36.7. The molecule has 0 saturated heterocycles. The Balaban J connectivity index is 2.33. The number of fused-ring (bicyclic) bond motifs is 1. The molecule has 1 N–H and O–H groups in total. The zero-order chi connectivity index (χ0) is 17.7. The first-order valence-corrected chi connectivity index (χ1v) is 7.52. The number of methoxy groups -OCH3 is 2. The summed E-state index contributed by atoms with van der Waals surface area (Å²) in [6.45, 7) is 2.18. The molecule has 0 spiro atoms. The summed E-state index contributed by atoms with van der Waals surface area (Å²) in [5.41, 5.74) is 2.40. The topological polar surface area (TPSA) is 84.9 Å². The number of amides is 1. The highest BCUT2D eigenvalue weighted by Crippen LogP contribution is 2.30. The lowest BCUT2D eigenvalue weighted by Crippen LogP contribution is -2.33. The van der Waals surface area contributed by atoms with E-state index in [1.54, 1.807) is 17.0 Å². The van der Waals surface area contributed by atoms with Gasteiger partial charge in [-0.3, -0.25) is 4.79 Å². The molecule has 0 bridgehead atoms. The minimum Gasteiger partial charge on any atom is -0.466 e. The molecule has 1 amide bonds. The van der Waals surface area contributed by atoms with Crippen molar-refractivity contribution in [3.63, 3.8) is 0 Å². The monoisotopic (exact) mass is 332 g/mol. The van der Waals surface area contributed by atoms with Crippen LogP contribution in [0.5, 0.6) is 0 Å². The van der Waals surface area contributed by atoms with Crippen molar-refractivity contribution in [1.82, 2.24) is 0 Å². The van der Waals surface area contributed by atoms with Gasteiger partial charge in [0.2, 0.25) is 5.91 Å². The summed E-state index contributed by atoms with van der Waals surface area (Å²) < 4.78 is 9.20. The molecule has 0 fully saturated rings. The van der Waals surface area contributed by atoms with Crippen LogP contribution in [0.3, 0.4) is 0 Å². The molecule has 128 valence electrons. The van der Waals surface area contributed by atoms with Crippen LogP contribution in [-0.4, -0.2) is 38.6 Å². The minimum absolute atomic E-state index is 0.0357. The Hall–Kier alpha value is -2.83. The van der Waals surface area contributed by atoms with Crippen LogP contribution in [0.1, 0.15) is 18.9 Å². The van der Waals surface area contributed by atoms with Gasteiger partial charge in [0.1, 0.15) is 5.70 Å². The second kappa shape index (κ2) is 7.63. The normalized spacial score (nSPS) is 13.8. The second-order valence-corrected chi connectivity index (χ2v) is 5.32. The number of aryl methyl sites for hydroxylation is 1. The van der Waals surface area contributed by atoms with Gasteiger partial charge in [-0.25, -0.2) is 9.59 Å². The highest BCUT2D eigenvalue weighted by atomic mass is 16.5. The number of anilines is 2. The Bertz CT molecular complexity index is 696. The van der Waals surface area contributed by atoms with Crippen molar-refractivity contribution in [2.75, 3.05) is 31.0 Å². The molecule has 0 saturated carbocycles. The molecule has 0 atom stereocenters. The third-order valence-corrected chi connectivity index (χ3v) is 3.73. The maximum Gasteiger partial charge on any atom is 0.354 e. The Morgan fingerprint density at radius 1 is 1.21 bits per heavy atom. The first kappa shape index (κ1) is 17.5. The molecule has 1 heterocycles. The fraction of sp³-hybridized carbons (Fsp3) is 0.353. The van der Waals surface area contributed by atoms with Crippen LogP contribution in [0.25, 0.3) is 0 Å². The van der Waals surface area contributed by atoms with Crippen LogP contribution in [0, 0.1) is 0 Å². The van der Waals surface area contributed by atoms with Crippen molar-refractivity contribution >= 4 is 29.2 Å². The van der Waals surface area contributed by atoms with Gasteiger partial charge < -0.3 is 19.7 Å². The van der Waals surface area contributed by atoms with Gasteiger partial charge in [0, 0.05) is 24.8 Å². The maximum atomic E-state index is 11.8. The first-order chi connectivity index (χ1) is 11.5. The van der Waals surface area contributed by atoms with Crippen molar-refractivity contribution in [3.8, 4) is 0 Å². The Kier molecular flexibility index (Phi) is 5.57. The lowest BCUT2D eigenvalue weighted by Gasteiger charge is -2.29. The number of nitrogens with zero attached hydrogens (tertiary/aromatic N) is 1. The second-order valence-electron chi connectivity index (χ2n) is 5.32. The van der Waals surface area contributed by atoms with Crippen molar-refractivity contribution in [1.29, 1.82) is 0 Å². The molecule has 0 aliphatic carbocycles. The van der Waals surface area contributed by atoms with E-state index in [0.29, 0.717) is 12.2 Å². The summed E-state index contributed by atoms with van der Waals surface area (Å²) in [7, 11) is 2.44. The van der Waals surface area contributed by atoms with E-state index < -0.39 is 11.9 Å². The fourth-order valence-corrected chi connectivity index (χ4v) is 2.57. The Labute approximate surface area is 140 Å². The highest BCUT2D eigenvalue weighted by Gasteiger charge is 2.21. The summed E-state index contributed by atoms with van der Waals surface area (Å²) in [6, 6.07) is 5.47. The SMILES string of the molecule is COC(=O)/C=C(/Nc1ccc2c(c1)N(C(C)=O)CCC2)C(=O)OC. The predicted octanol–water partition coefficient (Wildman–Crippen LogP) is 1.63. The van der Waals surface area contributed by atoms with E-state index >= 15 is 0 Å². The quantitative estimate of drug-likeness (QED) is 0.666. The van der Waals surface area contributed by atoms with Gasteiger partial charge in [0.15, 0.2) is 0 Å². The van der Waals surface area contributed by atoms with Gasteiger partial charge in [0.25, 0.3) is 0 Å². The average Bonchev–Trinajstić information content (AvgIpc) is 2.59. The standard InChI is InChI=1S/C17H20N2O5/c1-11(20)19-8-4-5-12-6-7-13(9-15(12)19)18-14(17(22)24-3)10-16(21)23-2/h6-7,9-10,18H,4-5,8H2,1-3H3/b14-10+. The number of rotatable bonds is 4. The van der Waals surface area contributed by atoms with Gasteiger partial charge in [-0.2, -0.15) is 0 Å². The number of esters is 2. The molecule has 24 heavy (non-hydrogen) atoms. The van der Waals surface area contributed by atoms with Gasteiger partial charge in [0.05, 0.1) is 20.3 Å². The van der Waals surface area contributed by atoms with E-state index in [1.165, 1.54) is 21.1 Å². The number of ether oxygens (including phenoxy) is 2. The summed E-state index contributed by atoms with van der Waals surface area (Å²) in [5.74, 6) is -1.40. The van der Waals surface area contributed by atoms with Crippen LogP contribution >= 0.6 is 0 Å². The lowest BCUT2D eigenvalue weighted by molar-refractivity contribution is -0.138. The summed E-state index contributed by atoms with van der Waals surface area (Å²) in [5, 5.41) is 2.85. The summed E-state index contributed by atoms with van der Waals surface area (Å²) >= 11 is 0. The third-order valence-electron chi connectivity index (χ3n) is 3.73. The molecule has 1 aliphatic rings. The lowest BCUT2D eigenvalue weighted by atomic mass is 10.0. The van der Waals surface area contributed by atoms with Crippen molar-refractivity contribution < 1.29 is 23.9 Å². The number of benzene rings is 1. The predicted molar refractivity (Wildman–Crippen MR) is 88.5 cm³/mol. The average molecular weight is 332 g/mol.